The maximum atomic E-state index is 12.4. The number of anilines is 1. The summed E-state index contributed by atoms with van der Waals surface area (Å²) in [7, 11) is 3.08. The minimum absolute atomic E-state index is 0.0610. The molecule has 2 rings (SSSR count). The molecule has 0 aliphatic carbocycles. The molecule has 0 aromatic heterocycles. The highest BCUT2D eigenvalue weighted by atomic mass is 16.6. The molecule has 0 saturated carbocycles. The molecule has 200 valence electrons. The number of benzene rings is 1. The molecule has 0 radical (unpaired) electrons. The Hall–Kier alpha value is -2.88. The lowest BCUT2D eigenvalue weighted by atomic mass is 9.88. The first kappa shape index (κ1) is 29.4. The first-order chi connectivity index (χ1) is 17.0. The molecule has 9 nitrogen and oxygen atoms in total. The summed E-state index contributed by atoms with van der Waals surface area (Å²) in [6.07, 6.45) is 3.63. The molecule has 36 heavy (non-hydrogen) atoms. The summed E-state index contributed by atoms with van der Waals surface area (Å²) < 4.78 is 16.6. The van der Waals surface area contributed by atoms with Gasteiger partial charge in [0, 0.05) is 31.9 Å². The van der Waals surface area contributed by atoms with Gasteiger partial charge < -0.3 is 35.5 Å². The van der Waals surface area contributed by atoms with Gasteiger partial charge in [0.05, 0.1) is 18.3 Å². The number of amides is 2. The lowest BCUT2D eigenvalue weighted by Crippen LogP contribution is -2.37. The van der Waals surface area contributed by atoms with Gasteiger partial charge in [-0.15, -0.1) is 0 Å². The van der Waals surface area contributed by atoms with Gasteiger partial charge >= 0.3 is 6.09 Å². The highest BCUT2D eigenvalue weighted by Gasteiger charge is 2.29. The molecule has 1 aliphatic heterocycles. The summed E-state index contributed by atoms with van der Waals surface area (Å²) in [5.41, 5.74) is 7.38. The summed E-state index contributed by atoms with van der Waals surface area (Å²) >= 11 is 0. The summed E-state index contributed by atoms with van der Waals surface area (Å²) in [5.74, 6) is -0.470. The number of fused-ring (bicyclic) bond motifs is 2. The molecule has 6 atom stereocenters. The Kier molecular flexibility index (Phi) is 11.4. The van der Waals surface area contributed by atoms with Crippen LogP contribution < -0.4 is 11.1 Å². The maximum Gasteiger partial charge on any atom is 0.405 e. The van der Waals surface area contributed by atoms with Crippen LogP contribution >= 0.6 is 0 Å². The highest BCUT2D eigenvalue weighted by molar-refractivity contribution is 5.99. The lowest BCUT2D eigenvalue weighted by Gasteiger charge is -2.30. The topological polar surface area (TPSA) is 140 Å². The van der Waals surface area contributed by atoms with Crippen LogP contribution in [0.2, 0.25) is 0 Å². The number of phenolic OH excluding ortho intramolecular Hbond substituents is 1. The van der Waals surface area contributed by atoms with E-state index in [0.717, 1.165) is 5.56 Å². The quantitative estimate of drug-likeness (QED) is 0.460. The summed E-state index contributed by atoms with van der Waals surface area (Å²) in [6.45, 7) is 5.72. The standard InChI is InChI=1S/C27H40N2O7/c1-16-10-19-13-20(15-21(30)14-19)29-24(31)9-7-6-8-22(34-4)26(36-27(28)33)18(3)12-17(2)25(32)23(11-16)35-5/h7,9,12-17,22-23,25-26,30,32H,6,8,10-11H2,1-5H3,(H2,28,33)(H,29,31). The SMILES string of the molecule is COC1CCC=CC(=O)Nc2cc(O)cc(c2)CC(C)CC(OC)C(O)C(C)C=C(C)C1OC(N)=O. The molecule has 2 amide bonds. The number of phenols is 1. The number of aliphatic hydroxyl groups excluding tert-OH is 1. The molecule has 2 bridgehead atoms. The number of aliphatic hydroxyl groups is 1. The van der Waals surface area contributed by atoms with Gasteiger partial charge in [0.2, 0.25) is 5.91 Å². The minimum atomic E-state index is -0.926. The van der Waals surface area contributed by atoms with Gasteiger partial charge in [0.15, 0.2) is 6.10 Å². The molecular formula is C27H40N2O7. The normalized spacial score (nSPS) is 28.7. The van der Waals surface area contributed by atoms with Crippen molar-refractivity contribution in [3.05, 3.63) is 47.6 Å². The van der Waals surface area contributed by atoms with E-state index in [1.54, 1.807) is 26.2 Å². The Labute approximate surface area is 213 Å². The molecule has 0 saturated heterocycles. The molecule has 0 fully saturated rings. The van der Waals surface area contributed by atoms with Gasteiger partial charge in [-0.3, -0.25) is 4.79 Å². The predicted molar refractivity (Wildman–Crippen MR) is 138 cm³/mol. The van der Waals surface area contributed by atoms with Crippen molar-refractivity contribution in [1.82, 2.24) is 0 Å². The second kappa shape index (κ2) is 14.0. The van der Waals surface area contributed by atoms with Gasteiger partial charge in [0.1, 0.15) is 5.75 Å². The van der Waals surface area contributed by atoms with Crippen molar-refractivity contribution in [2.45, 2.75) is 70.9 Å². The monoisotopic (exact) mass is 504 g/mol. The maximum absolute atomic E-state index is 12.4. The Bertz CT molecular complexity index is 946. The van der Waals surface area contributed by atoms with E-state index in [1.807, 2.05) is 26.0 Å². The van der Waals surface area contributed by atoms with E-state index in [-0.39, 0.29) is 23.5 Å². The minimum Gasteiger partial charge on any atom is -0.508 e. The third-order valence-electron chi connectivity index (χ3n) is 6.43. The van der Waals surface area contributed by atoms with Crippen molar-refractivity contribution in [3.8, 4) is 5.75 Å². The van der Waals surface area contributed by atoms with Crippen molar-refractivity contribution in [2.24, 2.45) is 17.6 Å². The van der Waals surface area contributed by atoms with Crippen LogP contribution in [0.15, 0.2) is 42.0 Å². The number of carbonyl (C=O) groups excluding carboxylic acids is 2. The number of allylic oxidation sites excluding steroid dienone is 1. The van der Waals surface area contributed by atoms with Crippen LogP contribution in [0.3, 0.4) is 0 Å². The number of rotatable bonds is 3. The molecule has 1 aromatic rings. The fraction of sp³-hybridized carbons (Fsp3) is 0.556. The van der Waals surface area contributed by atoms with Crippen LogP contribution in [0.4, 0.5) is 10.5 Å². The summed E-state index contributed by atoms with van der Waals surface area (Å²) in [6, 6.07) is 4.99. The zero-order valence-electron chi connectivity index (χ0n) is 21.8. The number of nitrogens with one attached hydrogen (secondary N) is 1. The van der Waals surface area contributed by atoms with Crippen LogP contribution in [0.25, 0.3) is 0 Å². The molecule has 6 unspecified atom stereocenters. The number of methoxy groups -OCH3 is 2. The van der Waals surface area contributed by atoms with E-state index >= 15 is 0 Å². The van der Waals surface area contributed by atoms with Gasteiger partial charge in [-0.1, -0.05) is 26.0 Å². The fourth-order valence-corrected chi connectivity index (χ4v) is 4.68. The first-order valence-corrected chi connectivity index (χ1v) is 12.2. The Morgan fingerprint density at radius 2 is 1.83 bits per heavy atom. The number of primary amides is 1. The van der Waals surface area contributed by atoms with E-state index in [0.29, 0.717) is 36.9 Å². The van der Waals surface area contributed by atoms with E-state index in [2.05, 4.69) is 5.32 Å². The van der Waals surface area contributed by atoms with Crippen molar-refractivity contribution in [1.29, 1.82) is 0 Å². The van der Waals surface area contributed by atoms with E-state index < -0.39 is 30.5 Å². The van der Waals surface area contributed by atoms with Crippen LogP contribution in [-0.4, -0.2) is 60.8 Å². The number of hydrogen-bond donors (Lipinski definition) is 4. The molecule has 5 N–H and O–H groups in total. The predicted octanol–water partition coefficient (Wildman–Crippen LogP) is 3.69. The molecule has 0 spiro atoms. The van der Waals surface area contributed by atoms with Gasteiger partial charge in [0.25, 0.3) is 0 Å². The number of nitrogens with two attached hydrogens (primary N) is 1. The molecule has 1 aromatic carbocycles. The Morgan fingerprint density at radius 1 is 1.14 bits per heavy atom. The molecular weight excluding hydrogens is 464 g/mol. The molecule has 1 heterocycles. The fourth-order valence-electron chi connectivity index (χ4n) is 4.68. The third kappa shape index (κ3) is 8.96. The second-order valence-electron chi connectivity index (χ2n) is 9.57. The average Bonchev–Trinajstić information content (AvgIpc) is 2.79. The van der Waals surface area contributed by atoms with E-state index in [9.17, 15) is 19.8 Å². The van der Waals surface area contributed by atoms with E-state index in [1.165, 1.54) is 19.3 Å². The number of hydrogen-bond acceptors (Lipinski definition) is 7. The van der Waals surface area contributed by atoms with Crippen LogP contribution in [0.5, 0.6) is 5.75 Å². The Balaban J connectivity index is 2.41. The summed E-state index contributed by atoms with van der Waals surface area (Å²) in [4.78, 5) is 24.0. The zero-order chi connectivity index (χ0) is 26.8. The largest absolute Gasteiger partial charge is 0.508 e. The van der Waals surface area contributed by atoms with Crippen molar-refractivity contribution in [3.63, 3.8) is 0 Å². The summed E-state index contributed by atoms with van der Waals surface area (Å²) in [5, 5.41) is 24.0. The van der Waals surface area contributed by atoms with Crippen LogP contribution in [0, 0.1) is 11.8 Å². The number of carbonyl (C=O) groups is 2. The third-order valence-corrected chi connectivity index (χ3v) is 6.43. The van der Waals surface area contributed by atoms with Crippen LogP contribution in [0.1, 0.15) is 45.6 Å². The van der Waals surface area contributed by atoms with Gasteiger partial charge in [-0.2, -0.15) is 0 Å². The number of aromatic hydroxyl groups is 1. The molecule has 9 heteroatoms. The first-order valence-electron chi connectivity index (χ1n) is 12.2. The average molecular weight is 505 g/mol. The van der Waals surface area contributed by atoms with E-state index in [4.69, 9.17) is 19.9 Å². The van der Waals surface area contributed by atoms with Crippen molar-refractivity contribution in [2.75, 3.05) is 19.5 Å². The molecule has 1 aliphatic rings. The van der Waals surface area contributed by atoms with Crippen molar-refractivity contribution < 1.29 is 34.0 Å². The lowest BCUT2D eigenvalue weighted by molar-refractivity contribution is -0.111. The van der Waals surface area contributed by atoms with Gasteiger partial charge in [-0.05, 0) is 67.9 Å². The second-order valence-corrected chi connectivity index (χ2v) is 9.57. The Morgan fingerprint density at radius 3 is 2.47 bits per heavy atom. The number of ether oxygens (including phenoxy) is 3. The zero-order valence-corrected chi connectivity index (χ0v) is 21.8. The smallest absolute Gasteiger partial charge is 0.405 e. The van der Waals surface area contributed by atoms with Crippen LogP contribution in [-0.2, 0) is 25.4 Å². The van der Waals surface area contributed by atoms with Crippen molar-refractivity contribution >= 4 is 17.7 Å². The van der Waals surface area contributed by atoms with Gasteiger partial charge in [-0.25, -0.2) is 4.79 Å². The highest BCUT2D eigenvalue weighted by Crippen LogP contribution is 2.27.